The fourth-order valence-electron chi connectivity index (χ4n) is 2.66. The summed E-state index contributed by atoms with van der Waals surface area (Å²) in [5.41, 5.74) is 2.02. The van der Waals surface area contributed by atoms with Crippen LogP contribution in [0.4, 0.5) is 8.78 Å². The molecule has 1 heterocycles. The molecule has 0 aliphatic rings. The SMILES string of the molecule is Cc1ccc(OCc2nc(CC(=O)NC(C)c3ccc(F)cc3F)cs2)cc1. The van der Waals surface area contributed by atoms with E-state index in [-0.39, 0.29) is 17.9 Å². The van der Waals surface area contributed by atoms with E-state index in [1.165, 1.54) is 23.5 Å². The third-order valence-corrected chi connectivity index (χ3v) is 5.00. The van der Waals surface area contributed by atoms with Gasteiger partial charge in [-0.05, 0) is 32.0 Å². The first-order valence-electron chi connectivity index (χ1n) is 8.78. The van der Waals surface area contributed by atoms with Crippen molar-refractivity contribution >= 4 is 17.2 Å². The number of hydrogen-bond donors (Lipinski definition) is 1. The Morgan fingerprint density at radius 1 is 1.21 bits per heavy atom. The smallest absolute Gasteiger partial charge is 0.226 e. The molecule has 7 heteroatoms. The highest BCUT2D eigenvalue weighted by atomic mass is 32.1. The zero-order valence-electron chi connectivity index (χ0n) is 15.5. The minimum Gasteiger partial charge on any atom is -0.486 e. The highest BCUT2D eigenvalue weighted by Crippen LogP contribution is 2.19. The molecule has 0 saturated heterocycles. The largest absolute Gasteiger partial charge is 0.486 e. The van der Waals surface area contributed by atoms with Crippen LogP contribution in [0, 0.1) is 18.6 Å². The zero-order valence-corrected chi connectivity index (χ0v) is 16.4. The lowest BCUT2D eigenvalue weighted by atomic mass is 10.1. The van der Waals surface area contributed by atoms with Crippen molar-refractivity contribution in [2.75, 3.05) is 0 Å². The first-order valence-corrected chi connectivity index (χ1v) is 9.66. The van der Waals surface area contributed by atoms with Crippen LogP contribution in [0.1, 0.15) is 34.8 Å². The molecule has 0 aliphatic heterocycles. The predicted octanol–water partition coefficient (Wildman–Crippen LogP) is 4.73. The number of benzene rings is 2. The summed E-state index contributed by atoms with van der Waals surface area (Å²) < 4.78 is 32.5. The summed E-state index contributed by atoms with van der Waals surface area (Å²) in [6.07, 6.45) is 0.0776. The predicted molar refractivity (Wildman–Crippen MR) is 104 cm³/mol. The lowest BCUT2D eigenvalue weighted by Gasteiger charge is -2.14. The Labute approximate surface area is 166 Å². The van der Waals surface area contributed by atoms with Crippen LogP contribution in [-0.2, 0) is 17.8 Å². The molecule has 1 atom stereocenters. The van der Waals surface area contributed by atoms with Crippen molar-refractivity contribution in [3.8, 4) is 5.75 Å². The first-order chi connectivity index (χ1) is 13.4. The Morgan fingerprint density at radius 3 is 2.68 bits per heavy atom. The van der Waals surface area contributed by atoms with Gasteiger partial charge in [0, 0.05) is 17.0 Å². The molecule has 0 bridgehead atoms. The number of nitrogens with one attached hydrogen (secondary N) is 1. The quantitative estimate of drug-likeness (QED) is 0.622. The summed E-state index contributed by atoms with van der Waals surface area (Å²) in [5.74, 6) is -0.859. The van der Waals surface area contributed by atoms with Crippen molar-refractivity contribution < 1.29 is 18.3 Å². The van der Waals surface area contributed by atoms with Gasteiger partial charge in [-0.2, -0.15) is 0 Å². The zero-order chi connectivity index (χ0) is 20.1. The van der Waals surface area contributed by atoms with E-state index in [1.54, 1.807) is 12.3 Å². The molecule has 1 N–H and O–H groups in total. The Hall–Kier alpha value is -2.80. The molecule has 1 aromatic heterocycles. The normalized spacial score (nSPS) is 11.9. The minimum atomic E-state index is -0.683. The summed E-state index contributed by atoms with van der Waals surface area (Å²) in [4.78, 5) is 16.6. The van der Waals surface area contributed by atoms with Crippen LogP contribution in [0.15, 0.2) is 47.8 Å². The van der Waals surface area contributed by atoms with Gasteiger partial charge in [0.15, 0.2) is 0 Å². The maximum absolute atomic E-state index is 13.8. The number of thiazole rings is 1. The van der Waals surface area contributed by atoms with Crippen molar-refractivity contribution in [1.82, 2.24) is 10.3 Å². The highest BCUT2D eigenvalue weighted by Gasteiger charge is 2.15. The maximum atomic E-state index is 13.8. The average molecular weight is 402 g/mol. The lowest BCUT2D eigenvalue weighted by Crippen LogP contribution is -2.28. The molecule has 0 radical (unpaired) electrons. The average Bonchev–Trinajstić information content (AvgIpc) is 3.08. The van der Waals surface area contributed by atoms with Crippen LogP contribution in [0.25, 0.3) is 0 Å². The molecule has 146 valence electrons. The van der Waals surface area contributed by atoms with E-state index < -0.39 is 17.7 Å². The van der Waals surface area contributed by atoms with Gasteiger partial charge in [0.1, 0.15) is 29.0 Å². The number of hydrogen-bond acceptors (Lipinski definition) is 4. The molecule has 3 aromatic rings. The Kier molecular flexibility index (Phi) is 6.36. The van der Waals surface area contributed by atoms with Crippen LogP contribution < -0.4 is 10.1 Å². The summed E-state index contributed by atoms with van der Waals surface area (Å²) >= 11 is 1.42. The molecule has 2 aromatic carbocycles. The minimum absolute atomic E-state index is 0.0776. The molecule has 1 unspecified atom stereocenters. The third-order valence-electron chi connectivity index (χ3n) is 4.13. The second kappa shape index (κ2) is 8.93. The van der Waals surface area contributed by atoms with E-state index >= 15 is 0 Å². The standard InChI is InChI=1S/C21H20F2N2O2S/c1-13-3-6-17(7-4-13)27-11-21-25-16(12-28-21)10-20(26)24-14(2)18-8-5-15(22)9-19(18)23/h3-9,12,14H,10-11H2,1-2H3,(H,24,26). The van der Waals surface area contributed by atoms with Crippen molar-refractivity contribution in [1.29, 1.82) is 0 Å². The summed E-state index contributed by atoms with van der Waals surface area (Å²) in [7, 11) is 0. The highest BCUT2D eigenvalue weighted by molar-refractivity contribution is 7.09. The molecule has 0 fully saturated rings. The number of carbonyl (C=O) groups excluding carboxylic acids is 1. The van der Waals surface area contributed by atoms with Gasteiger partial charge in [0.2, 0.25) is 5.91 Å². The van der Waals surface area contributed by atoms with E-state index in [9.17, 15) is 13.6 Å². The van der Waals surface area contributed by atoms with E-state index in [0.29, 0.717) is 12.3 Å². The number of halogens is 2. The molecule has 28 heavy (non-hydrogen) atoms. The van der Waals surface area contributed by atoms with Gasteiger partial charge in [-0.3, -0.25) is 4.79 Å². The van der Waals surface area contributed by atoms with Crippen LogP contribution in [0.2, 0.25) is 0 Å². The number of aryl methyl sites for hydroxylation is 1. The molecule has 0 aliphatic carbocycles. The van der Waals surface area contributed by atoms with Gasteiger partial charge in [-0.15, -0.1) is 11.3 Å². The van der Waals surface area contributed by atoms with E-state index in [1.807, 2.05) is 31.2 Å². The summed E-state index contributed by atoms with van der Waals surface area (Å²) in [6, 6.07) is 10.5. The molecule has 1 amide bonds. The van der Waals surface area contributed by atoms with Gasteiger partial charge < -0.3 is 10.1 Å². The van der Waals surface area contributed by atoms with E-state index in [0.717, 1.165) is 22.4 Å². The van der Waals surface area contributed by atoms with Crippen molar-refractivity contribution in [2.45, 2.75) is 32.9 Å². The molecular formula is C21H20F2N2O2S. The monoisotopic (exact) mass is 402 g/mol. The number of aromatic nitrogens is 1. The number of ether oxygens (including phenoxy) is 1. The second-order valence-corrected chi connectivity index (χ2v) is 7.41. The second-order valence-electron chi connectivity index (χ2n) is 6.47. The van der Waals surface area contributed by atoms with Gasteiger partial charge >= 0.3 is 0 Å². The van der Waals surface area contributed by atoms with Crippen LogP contribution >= 0.6 is 11.3 Å². The van der Waals surface area contributed by atoms with Crippen molar-refractivity contribution in [3.63, 3.8) is 0 Å². The van der Waals surface area contributed by atoms with Crippen LogP contribution in [0.3, 0.4) is 0 Å². The third kappa shape index (κ3) is 5.36. The number of amides is 1. The van der Waals surface area contributed by atoms with Crippen molar-refractivity contribution in [2.24, 2.45) is 0 Å². The number of nitrogens with zero attached hydrogens (tertiary/aromatic N) is 1. The maximum Gasteiger partial charge on any atom is 0.226 e. The number of carbonyl (C=O) groups is 1. The van der Waals surface area contributed by atoms with Crippen LogP contribution in [0.5, 0.6) is 5.75 Å². The topological polar surface area (TPSA) is 51.2 Å². The first kappa shape index (κ1) is 19.9. The molecule has 0 saturated carbocycles. The summed E-state index contributed by atoms with van der Waals surface area (Å²) in [5, 5.41) is 5.28. The van der Waals surface area contributed by atoms with Crippen molar-refractivity contribution in [3.05, 3.63) is 81.3 Å². The van der Waals surface area contributed by atoms with Gasteiger partial charge in [-0.25, -0.2) is 13.8 Å². The van der Waals surface area contributed by atoms with Crippen LogP contribution in [-0.4, -0.2) is 10.9 Å². The number of rotatable bonds is 7. The van der Waals surface area contributed by atoms with Gasteiger partial charge in [0.05, 0.1) is 18.2 Å². The van der Waals surface area contributed by atoms with Gasteiger partial charge in [0.25, 0.3) is 0 Å². The fourth-order valence-corrected chi connectivity index (χ4v) is 3.37. The Morgan fingerprint density at radius 2 is 1.96 bits per heavy atom. The Balaban J connectivity index is 1.52. The molecule has 3 rings (SSSR count). The lowest BCUT2D eigenvalue weighted by molar-refractivity contribution is -0.121. The van der Waals surface area contributed by atoms with Gasteiger partial charge in [-0.1, -0.05) is 23.8 Å². The van der Waals surface area contributed by atoms with E-state index in [4.69, 9.17) is 4.74 Å². The molecular weight excluding hydrogens is 382 g/mol. The molecule has 4 nitrogen and oxygen atoms in total. The Bertz CT molecular complexity index is 957. The fraction of sp³-hybridized carbons (Fsp3) is 0.238. The molecule has 0 spiro atoms. The summed E-state index contributed by atoms with van der Waals surface area (Å²) in [6.45, 7) is 3.98. The van der Waals surface area contributed by atoms with E-state index in [2.05, 4.69) is 10.3 Å².